The maximum atomic E-state index is 11.7. The zero-order chi connectivity index (χ0) is 20.8. The molecule has 27 heavy (non-hydrogen) atoms. The van der Waals surface area contributed by atoms with Crippen molar-refractivity contribution in [3.05, 3.63) is 11.4 Å². The van der Waals surface area contributed by atoms with Crippen molar-refractivity contribution >= 4 is 20.2 Å². The molecule has 0 saturated carbocycles. The summed E-state index contributed by atoms with van der Waals surface area (Å²) < 4.78 is 14.3. The molecule has 0 aromatic rings. The van der Waals surface area contributed by atoms with E-state index in [1.54, 1.807) is 6.92 Å². The number of carbonyl (C=O) groups is 2. The molecule has 0 aliphatic heterocycles. The molecule has 0 radical (unpaired) electrons. The van der Waals surface area contributed by atoms with Crippen molar-refractivity contribution in [1.29, 1.82) is 0 Å². The number of ketones is 1. The average Bonchev–Trinajstić information content (AvgIpc) is 2.62. The molecular formula is C19H36N3O4P. The molecule has 7 nitrogen and oxygen atoms in total. The van der Waals surface area contributed by atoms with Gasteiger partial charge in [-0.3, -0.25) is 9.59 Å². The quantitative estimate of drug-likeness (QED) is 0.256. The molecule has 2 atom stereocenters. The highest BCUT2D eigenvalue weighted by Crippen LogP contribution is 2.47. The van der Waals surface area contributed by atoms with E-state index in [2.05, 4.69) is 42.5 Å². The number of nitrogens with one attached hydrogen (secondary N) is 1. The third-order valence-corrected chi connectivity index (χ3v) is 6.06. The predicted molar refractivity (Wildman–Crippen MR) is 109 cm³/mol. The summed E-state index contributed by atoms with van der Waals surface area (Å²) in [6.45, 7) is 19.8. The van der Waals surface area contributed by atoms with Gasteiger partial charge in [0.15, 0.2) is 0 Å². The lowest BCUT2D eigenvalue weighted by atomic mass is 10.1. The monoisotopic (exact) mass is 401 g/mol. The second kappa shape index (κ2) is 14.9. The van der Waals surface area contributed by atoms with Crippen LogP contribution < -0.4 is 5.32 Å². The van der Waals surface area contributed by atoms with Gasteiger partial charge in [-0.25, -0.2) is 11.2 Å². The topological polar surface area (TPSA) is 72.2 Å². The molecular weight excluding hydrogens is 365 g/mol. The molecule has 0 aliphatic carbocycles. The van der Waals surface area contributed by atoms with E-state index in [0.717, 1.165) is 0 Å². The summed E-state index contributed by atoms with van der Waals surface area (Å²) in [6, 6.07) is 0.402. The molecule has 0 fully saturated rings. The summed E-state index contributed by atoms with van der Waals surface area (Å²) in [4.78, 5) is 26.7. The average molecular weight is 401 g/mol. The number of Topliss-reactive ketones (excluding diaryl/α,β-unsaturated/α-hetero) is 1. The van der Waals surface area contributed by atoms with Crippen LogP contribution in [0.5, 0.6) is 0 Å². The molecule has 0 heterocycles. The van der Waals surface area contributed by atoms with E-state index in [1.165, 1.54) is 0 Å². The molecule has 1 amide bonds. The molecule has 8 heteroatoms. The van der Waals surface area contributed by atoms with Crippen molar-refractivity contribution in [2.75, 3.05) is 19.7 Å². The van der Waals surface area contributed by atoms with Crippen molar-refractivity contribution < 1.29 is 18.6 Å². The standard InChI is InChI=1S/C19H36N3O4P/c1-8-17(23)10-11-18(14-21-19(24)9-2)26-27(25-13-12-20-7)22(15(3)4)16(5)6/h15-16,18H,8-14H2,1-6H3,(H,21,24). The van der Waals surface area contributed by atoms with Crippen LogP contribution in [0.1, 0.15) is 67.2 Å². The Hall–Kier alpha value is -1.06. The first kappa shape index (κ1) is 25.9. The van der Waals surface area contributed by atoms with Crippen molar-refractivity contribution in [2.24, 2.45) is 0 Å². The molecule has 0 saturated heterocycles. The zero-order valence-corrected chi connectivity index (χ0v) is 18.6. The number of nitrogens with zero attached hydrogens (tertiary/aromatic N) is 2. The lowest BCUT2D eigenvalue weighted by molar-refractivity contribution is -0.121. The largest absolute Gasteiger partial charge is 0.353 e. The van der Waals surface area contributed by atoms with Crippen molar-refractivity contribution in [2.45, 2.75) is 85.4 Å². The van der Waals surface area contributed by atoms with E-state index in [4.69, 9.17) is 15.6 Å². The van der Waals surface area contributed by atoms with Crippen LogP contribution in [0.25, 0.3) is 4.85 Å². The molecule has 156 valence electrons. The maximum Gasteiger partial charge on any atom is 0.259 e. The summed E-state index contributed by atoms with van der Waals surface area (Å²) in [7, 11) is -1.40. The normalized spacial score (nSPS) is 13.6. The Kier molecular flexibility index (Phi) is 14.3. The van der Waals surface area contributed by atoms with Crippen LogP contribution in [-0.4, -0.2) is 54.2 Å². The van der Waals surface area contributed by atoms with E-state index in [9.17, 15) is 9.59 Å². The lowest BCUT2D eigenvalue weighted by Crippen LogP contribution is -2.37. The van der Waals surface area contributed by atoms with Crippen LogP contribution >= 0.6 is 8.53 Å². The first-order valence-corrected chi connectivity index (χ1v) is 10.9. The van der Waals surface area contributed by atoms with Crippen molar-refractivity contribution in [3.63, 3.8) is 0 Å². The minimum absolute atomic E-state index is 0.0479. The van der Waals surface area contributed by atoms with Gasteiger partial charge in [-0.2, -0.15) is 0 Å². The number of hydrogen-bond acceptors (Lipinski definition) is 5. The molecule has 2 unspecified atom stereocenters. The highest BCUT2D eigenvalue weighted by molar-refractivity contribution is 7.44. The van der Waals surface area contributed by atoms with Crippen LogP contribution in [0.15, 0.2) is 0 Å². The Morgan fingerprint density at radius 3 is 2.26 bits per heavy atom. The van der Waals surface area contributed by atoms with Crippen LogP contribution in [0.3, 0.4) is 0 Å². The van der Waals surface area contributed by atoms with E-state index < -0.39 is 8.53 Å². The van der Waals surface area contributed by atoms with Crippen LogP contribution in [0, 0.1) is 6.57 Å². The summed E-state index contributed by atoms with van der Waals surface area (Å²) in [5.74, 6) is 0.126. The van der Waals surface area contributed by atoms with Gasteiger partial charge < -0.3 is 19.2 Å². The fourth-order valence-electron chi connectivity index (χ4n) is 2.46. The van der Waals surface area contributed by atoms with E-state index in [-0.39, 0.29) is 36.4 Å². The second-order valence-corrected chi connectivity index (χ2v) is 8.24. The van der Waals surface area contributed by atoms with Gasteiger partial charge in [0.05, 0.1) is 6.10 Å². The first-order valence-electron chi connectivity index (χ1n) is 9.76. The third-order valence-electron chi connectivity index (χ3n) is 3.88. The van der Waals surface area contributed by atoms with Crippen LogP contribution in [0.2, 0.25) is 0 Å². The lowest BCUT2D eigenvalue weighted by Gasteiger charge is -2.37. The SMILES string of the molecule is [C-]#[N+]CCOP(OC(CCC(=O)CC)CNC(=O)CC)N(C(C)C)C(C)C. The first-order chi connectivity index (χ1) is 12.8. The van der Waals surface area contributed by atoms with Gasteiger partial charge in [-0.15, -0.1) is 0 Å². The van der Waals surface area contributed by atoms with Crippen molar-refractivity contribution in [3.8, 4) is 0 Å². The van der Waals surface area contributed by atoms with Crippen LogP contribution in [-0.2, 0) is 18.6 Å². The van der Waals surface area contributed by atoms with Crippen LogP contribution in [0.4, 0.5) is 0 Å². The number of hydrogen-bond donors (Lipinski definition) is 1. The van der Waals surface area contributed by atoms with Crippen molar-refractivity contribution in [1.82, 2.24) is 9.99 Å². The fraction of sp³-hybridized carbons (Fsp3) is 0.842. The van der Waals surface area contributed by atoms with Gasteiger partial charge in [-0.1, -0.05) is 13.8 Å². The molecule has 0 rings (SSSR count). The van der Waals surface area contributed by atoms with Gasteiger partial charge in [-0.05, 0) is 34.1 Å². The Bertz CT molecular complexity index is 452. The number of amides is 1. The summed E-state index contributed by atoms with van der Waals surface area (Å²) in [5, 5.41) is 2.86. The van der Waals surface area contributed by atoms with E-state index in [0.29, 0.717) is 38.8 Å². The van der Waals surface area contributed by atoms with E-state index in [1.807, 2.05) is 6.92 Å². The molecule has 0 aromatic carbocycles. The van der Waals surface area contributed by atoms with Gasteiger partial charge in [0.1, 0.15) is 12.4 Å². The maximum absolute atomic E-state index is 11.7. The fourth-order valence-corrected chi connectivity index (χ4v) is 4.19. The summed E-state index contributed by atoms with van der Waals surface area (Å²) >= 11 is 0. The molecule has 1 N–H and O–H groups in total. The zero-order valence-electron chi connectivity index (χ0n) is 17.7. The molecule has 0 bridgehead atoms. The summed E-state index contributed by atoms with van der Waals surface area (Å²) in [6.07, 6.45) is 1.54. The van der Waals surface area contributed by atoms with Gasteiger partial charge in [0, 0.05) is 37.9 Å². The van der Waals surface area contributed by atoms with Gasteiger partial charge in [0.25, 0.3) is 8.53 Å². The minimum Gasteiger partial charge on any atom is -0.353 e. The molecule has 0 spiro atoms. The van der Waals surface area contributed by atoms with E-state index >= 15 is 0 Å². The number of carbonyl (C=O) groups excluding carboxylic acids is 2. The Labute approximate surface area is 165 Å². The Morgan fingerprint density at radius 2 is 1.78 bits per heavy atom. The minimum atomic E-state index is -1.40. The smallest absolute Gasteiger partial charge is 0.259 e. The summed E-state index contributed by atoms with van der Waals surface area (Å²) in [5.41, 5.74) is 0. The molecule has 0 aromatic heterocycles. The Balaban J connectivity index is 5.22. The highest BCUT2D eigenvalue weighted by Gasteiger charge is 2.30. The Morgan fingerprint density at radius 1 is 1.15 bits per heavy atom. The highest BCUT2D eigenvalue weighted by atomic mass is 31.2. The predicted octanol–water partition coefficient (Wildman–Crippen LogP) is 3.94. The van der Waals surface area contributed by atoms with Gasteiger partial charge in [0.2, 0.25) is 12.5 Å². The second-order valence-electron chi connectivity index (χ2n) is 6.84. The number of rotatable bonds is 15. The van der Waals surface area contributed by atoms with Gasteiger partial charge >= 0.3 is 0 Å². The third kappa shape index (κ3) is 11.4. The molecule has 0 aliphatic rings.